The molecule has 0 radical (unpaired) electrons. The van der Waals surface area contributed by atoms with Gasteiger partial charge in [0.2, 0.25) is 0 Å². The van der Waals surface area contributed by atoms with E-state index in [1.54, 1.807) is 14.2 Å². The fourth-order valence-electron chi connectivity index (χ4n) is 1.77. The summed E-state index contributed by atoms with van der Waals surface area (Å²) in [6.45, 7) is 8.48. The molecule has 3 nitrogen and oxygen atoms in total. The van der Waals surface area contributed by atoms with Crippen molar-refractivity contribution >= 4 is 5.78 Å². The van der Waals surface area contributed by atoms with Crippen molar-refractivity contribution in [1.29, 1.82) is 0 Å². The van der Waals surface area contributed by atoms with E-state index in [1.807, 2.05) is 27.7 Å². The van der Waals surface area contributed by atoms with Gasteiger partial charge in [0, 0.05) is 25.0 Å². The van der Waals surface area contributed by atoms with Gasteiger partial charge >= 0.3 is 0 Å². The minimum Gasteiger partial charge on any atom is -0.384 e. The maximum absolute atomic E-state index is 12.1. The Bertz CT molecular complexity index is 175. The van der Waals surface area contributed by atoms with Gasteiger partial charge in [-0.3, -0.25) is 4.79 Å². The van der Waals surface area contributed by atoms with Gasteiger partial charge in [-0.15, -0.1) is 0 Å². The van der Waals surface area contributed by atoms with Crippen LogP contribution in [0.3, 0.4) is 0 Å². The summed E-state index contributed by atoms with van der Waals surface area (Å²) in [5.74, 6) is 0.175. The van der Waals surface area contributed by atoms with Crippen molar-refractivity contribution in [2.75, 3.05) is 27.4 Å². The number of hydrogen-bond donors (Lipinski definition) is 0. The van der Waals surface area contributed by atoms with E-state index in [0.29, 0.717) is 13.2 Å². The van der Waals surface area contributed by atoms with Crippen LogP contribution in [0.2, 0.25) is 0 Å². The molecular formula is C11H22O3. The highest BCUT2D eigenvalue weighted by Crippen LogP contribution is 2.29. The third-order valence-corrected chi connectivity index (χ3v) is 2.24. The van der Waals surface area contributed by atoms with Crippen molar-refractivity contribution in [3.05, 3.63) is 0 Å². The molecule has 0 aliphatic heterocycles. The van der Waals surface area contributed by atoms with E-state index in [4.69, 9.17) is 9.47 Å². The highest BCUT2D eigenvalue weighted by atomic mass is 16.5. The number of carbonyl (C=O) groups is 1. The van der Waals surface area contributed by atoms with Crippen LogP contribution >= 0.6 is 0 Å². The smallest absolute Gasteiger partial charge is 0.148 e. The lowest BCUT2D eigenvalue weighted by molar-refractivity contribution is -0.141. The quantitative estimate of drug-likeness (QED) is 0.660. The molecule has 0 fully saturated rings. The Labute approximate surface area is 86.8 Å². The number of hydrogen-bond acceptors (Lipinski definition) is 3. The number of ether oxygens (including phenoxy) is 2. The summed E-state index contributed by atoms with van der Waals surface area (Å²) in [6, 6.07) is 0. The lowest BCUT2D eigenvalue weighted by Gasteiger charge is -2.32. The summed E-state index contributed by atoms with van der Waals surface area (Å²) in [5, 5.41) is 0. The molecule has 0 spiro atoms. The van der Waals surface area contributed by atoms with Crippen LogP contribution in [0.5, 0.6) is 0 Å². The van der Waals surface area contributed by atoms with Crippen molar-refractivity contribution in [1.82, 2.24) is 0 Å². The molecule has 0 aromatic rings. The molecule has 3 heteroatoms. The summed E-state index contributed by atoms with van der Waals surface area (Å²) < 4.78 is 10.1. The molecule has 0 aromatic heterocycles. The van der Waals surface area contributed by atoms with E-state index < -0.39 is 10.8 Å². The fraction of sp³-hybridized carbons (Fsp3) is 0.909. The van der Waals surface area contributed by atoms with Crippen LogP contribution in [-0.4, -0.2) is 33.2 Å². The number of ketones is 1. The van der Waals surface area contributed by atoms with Gasteiger partial charge in [-0.2, -0.15) is 0 Å². The standard InChI is InChI=1S/C11H22O3/c1-10(2,7-13-5)9(12)11(3,4)8-14-6/h7-8H2,1-6H3. The van der Waals surface area contributed by atoms with Crippen LogP contribution in [0, 0.1) is 10.8 Å². The summed E-state index contributed by atoms with van der Waals surface area (Å²) >= 11 is 0. The molecule has 0 rings (SSSR count). The first-order chi connectivity index (χ1) is 6.28. The Kier molecular flexibility index (Phi) is 4.75. The maximum atomic E-state index is 12.1. The third-order valence-electron chi connectivity index (χ3n) is 2.24. The van der Waals surface area contributed by atoms with Crippen molar-refractivity contribution in [3.8, 4) is 0 Å². The highest BCUT2D eigenvalue weighted by molar-refractivity contribution is 5.89. The Morgan fingerprint density at radius 3 is 1.43 bits per heavy atom. The molecule has 0 heterocycles. The van der Waals surface area contributed by atoms with Crippen molar-refractivity contribution in [2.24, 2.45) is 10.8 Å². The molecule has 0 bridgehead atoms. The maximum Gasteiger partial charge on any atom is 0.148 e. The third kappa shape index (κ3) is 3.39. The van der Waals surface area contributed by atoms with E-state index in [2.05, 4.69) is 0 Å². The summed E-state index contributed by atoms with van der Waals surface area (Å²) in [4.78, 5) is 12.1. The van der Waals surface area contributed by atoms with Crippen molar-refractivity contribution < 1.29 is 14.3 Å². The van der Waals surface area contributed by atoms with E-state index in [9.17, 15) is 4.79 Å². The number of methoxy groups -OCH3 is 2. The molecule has 0 N–H and O–H groups in total. The highest BCUT2D eigenvalue weighted by Gasteiger charge is 2.38. The molecule has 0 aliphatic carbocycles. The van der Waals surface area contributed by atoms with Gasteiger partial charge < -0.3 is 9.47 Å². The summed E-state index contributed by atoms with van der Waals surface area (Å²) in [7, 11) is 3.22. The molecule has 0 unspecified atom stereocenters. The zero-order chi connectivity index (χ0) is 11.4. The van der Waals surface area contributed by atoms with E-state index >= 15 is 0 Å². The van der Waals surface area contributed by atoms with E-state index in [-0.39, 0.29) is 5.78 Å². The fourth-order valence-corrected chi connectivity index (χ4v) is 1.77. The number of carbonyl (C=O) groups excluding carboxylic acids is 1. The normalized spacial score (nSPS) is 13.0. The molecule has 0 aromatic carbocycles. The second-order valence-corrected chi connectivity index (χ2v) is 4.96. The minimum atomic E-state index is -0.448. The summed E-state index contributed by atoms with van der Waals surface area (Å²) in [6.07, 6.45) is 0. The Morgan fingerprint density at radius 2 is 1.21 bits per heavy atom. The molecule has 0 saturated carbocycles. The average molecular weight is 202 g/mol. The predicted octanol–water partition coefficient (Wildman–Crippen LogP) is 1.90. The molecule has 84 valence electrons. The zero-order valence-electron chi connectivity index (χ0n) is 10.1. The van der Waals surface area contributed by atoms with E-state index in [1.165, 1.54) is 0 Å². The summed E-state index contributed by atoms with van der Waals surface area (Å²) in [5.41, 5.74) is -0.895. The molecule has 0 saturated heterocycles. The Hall–Kier alpha value is -0.410. The van der Waals surface area contributed by atoms with Gasteiger partial charge in [-0.25, -0.2) is 0 Å². The van der Waals surface area contributed by atoms with Gasteiger partial charge in [-0.05, 0) is 0 Å². The van der Waals surface area contributed by atoms with Crippen LogP contribution in [0.1, 0.15) is 27.7 Å². The average Bonchev–Trinajstić information content (AvgIpc) is 2.02. The van der Waals surface area contributed by atoms with E-state index in [0.717, 1.165) is 0 Å². The van der Waals surface area contributed by atoms with Crippen LogP contribution in [0.15, 0.2) is 0 Å². The predicted molar refractivity (Wildman–Crippen MR) is 56.3 cm³/mol. The number of Topliss-reactive ketones (excluding diaryl/α,β-unsaturated/α-hetero) is 1. The second-order valence-electron chi connectivity index (χ2n) is 4.96. The van der Waals surface area contributed by atoms with Crippen LogP contribution < -0.4 is 0 Å². The monoisotopic (exact) mass is 202 g/mol. The number of rotatable bonds is 6. The van der Waals surface area contributed by atoms with Crippen molar-refractivity contribution in [2.45, 2.75) is 27.7 Å². The minimum absolute atomic E-state index is 0.175. The van der Waals surface area contributed by atoms with Gasteiger partial charge in [0.15, 0.2) is 0 Å². The topological polar surface area (TPSA) is 35.5 Å². The van der Waals surface area contributed by atoms with Crippen molar-refractivity contribution in [3.63, 3.8) is 0 Å². The largest absolute Gasteiger partial charge is 0.384 e. The second kappa shape index (κ2) is 4.89. The Morgan fingerprint density at radius 1 is 0.929 bits per heavy atom. The zero-order valence-corrected chi connectivity index (χ0v) is 10.1. The van der Waals surface area contributed by atoms with Gasteiger partial charge in [0.25, 0.3) is 0 Å². The molecule has 14 heavy (non-hydrogen) atoms. The molecule has 0 atom stereocenters. The molecule has 0 aliphatic rings. The van der Waals surface area contributed by atoms with Gasteiger partial charge in [0.1, 0.15) is 5.78 Å². The molecule has 0 amide bonds. The SMILES string of the molecule is COCC(C)(C)C(=O)C(C)(C)COC. The Balaban J connectivity index is 4.58. The van der Waals surface area contributed by atoms with Crippen LogP contribution in [0.4, 0.5) is 0 Å². The first-order valence-corrected chi connectivity index (χ1v) is 4.81. The van der Waals surface area contributed by atoms with Crippen LogP contribution in [0.25, 0.3) is 0 Å². The lowest BCUT2D eigenvalue weighted by atomic mass is 9.74. The van der Waals surface area contributed by atoms with Gasteiger partial charge in [0.05, 0.1) is 13.2 Å². The first kappa shape index (κ1) is 13.6. The molecular weight excluding hydrogens is 180 g/mol. The van der Waals surface area contributed by atoms with Gasteiger partial charge in [-0.1, -0.05) is 27.7 Å². The lowest BCUT2D eigenvalue weighted by Crippen LogP contribution is -2.42. The first-order valence-electron chi connectivity index (χ1n) is 4.81. The van der Waals surface area contributed by atoms with Crippen LogP contribution in [-0.2, 0) is 14.3 Å².